The second kappa shape index (κ2) is 7.81. The first kappa shape index (κ1) is 18.0. The Bertz CT molecular complexity index is 447. The third kappa shape index (κ3) is 5.33. The van der Waals surface area contributed by atoms with Gasteiger partial charge in [0.1, 0.15) is 0 Å². The highest BCUT2D eigenvalue weighted by Gasteiger charge is 2.24. The molecule has 0 spiro atoms. The first-order valence-corrected chi connectivity index (χ1v) is 7.95. The first-order chi connectivity index (χ1) is 9.79. The summed E-state index contributed by atoms with van der Waals surface area (Å²) in [5.41, 5.74) is 0.811. The molecule has 0 aromatic heterocycles. The van der Waals surface area contributed by atoms with E-state index < -0.39 is 0 Å². The minimum atomic E-state index is -0.367. The number of nitrogens with one attached hydrogen (secondary N) is 1. The highest BCUT2D eigenvalue weighted by molar-refractivity contribution is 6.30. The quantitative estimate of drug-likeness (QED) is 0.864. The van der Waals surface area contributed by atoms with Crippen LogP contribution in [0.3, 0.4) is 0 Å². The molecule has 1 rings (SSSR count). The van der Waals surface area contributed by atoms with Gasteiger partial charge in [0.05, 0.1) is 6.04 Å². The van der Waals surface area contributed by atoms with Crippen molar-refractivity contribution in [1.82, 2.24) is 10.2 Å². The molecule has 1 N–H and O–H groups in total. The van der Waals surface area contributed by atoms with E-state index in [2.05, 4.69) is 24.1 Å². The molecule has 0 aliphatic heterocycles. The van der Waals surface area contributed by atoms with Gasteiger partial charge >= 0.3 is 0 Å². The van der Waals surface area contributed by atoms with E-state index in [-0.39, 0.29) is 17.4 Å². The second-order valence-corrected chi connectivity index (χ2v) is 6.69. The molecule has 0 saturated heterocycles. The topological polar surface area (TPSA) is 32.3 Å². The molecule has 1 aromatic carbocycles. The van der Waals surface area contributed by atoms with Gasteiger partial charge < -0.3 is 5.32 Å². The third-order valence-corrected chi connectivity index (χ3v) is 3.90. The van der Waals surface area contributed by atoms with Crippen molar-refractivity contribution >= 4 is 17.5 Å². The fraction of sp³-hybridized carbons (Fsp3) is 0.588. The largest absolute Gasteiger partial charge is 0.354 e. The van der Waals surface area contributed by atoms with E-state index in [4.69, 9.17) is 11.6 Å². The number of benzene rings is 1. The van der Waals surface area contributed by atoms with Crippen LogP contribution in [0, 0.1) is 5.41 Å². The number of carbonyl (C=O) groups is 1. The van der Waals surface area contributed by atoms with Gasteiger partial charge in [-0.15, -0.1) is 0 Å². The van der Waals surface area contributed by atoms with Gasteiger partial charge in [-0.2, -0.15) is 0 Å². The zero-order chi connectivity index (χ0) is 16.0. The molecule has 1 aromatic rings. The molecule has 0 aliphatic rings. The minimum Gasteiger partial charge on any atom is -0.354 e. The second-order valence-electron chi connectivity index (χ2n) is 6.25. The lowest BCUT2D eigenvalue weighted by Gasteiger charge is -2.31. The van der Waals surface area contributed by atoms with Crippen molar-refractivity contribution in [2.75, 3.05) is 19.6 Å². The summed E-state index contributed by atoms with van der Waals surface area (Å²) in [5, 5.41) is 3.80. The number of nitrogens with zero attached hydrogens (tertiary/aromatic N) is 1. The van der Waals surface area contributed by atoms with Crippen LogP contribution >= 0.6 is 11.6 Å². The van der Waals surface area contributed by atoms with E-state index in [1.54, 1.807) is 0 Å². The van der Waals surface area contributed by atoms with Gasteiger partial charge in [0.25, 0.3) is 0 Å². The zero-order valence-electron chi connectivity index (χ0n) is 13.7. The van der Waals surface area contributed by atoms with Crippen LogP contribution in [0.2, 0.25) is 5.02 Å². The number of hydrogen-bond acceptors (Lipinski definition) is 2. The van der Waals surface area contributed by atoms with Crippen LogP contribution in [0.5, 0.6) is 0 Å². The molecule has 0 heterocycles. The van der Waals surface area contributed by atoms with Crippen molar-refractivity contribution in [3.63, 3.8) is 0 Å². The Hall–Kier alpha value is -1.06. The van der Waals surface area contributed by atoms with E-state index >= 15 is 0 Å². The minimum absolute atomic E-state index is 0.0774. The summed E-state index contributed by atoms with van der Waals surface area (Å²) >= 11 is 5.97. The molecule has 0 radical (unpaired) electrons. The number of hydrogen-bond donors (Lipinski definition) is 1. The predicted molar refractivity (Wildman–Crippen MR) is 89.6 cm³/mol. The van der Waals surface area contributed by atoms with Gasteiger partial charge in [0.15, 0.2) is 0 Å². The molecule has 118 valence electrons. The molecule has 4 heteroatoms. The summed E-state index contributed by atoms with van der Waals surface area (Å²) in [4.78, 5) is 14.4. The Morgan fingerprint density at radius 1 is 1.19 bits per heavy atom. The Balaban J connectivity index is 2.88. The Morgan fingerprint density at radius 3 is 2.14 bits per heavy atom. The van der Waals surface area contributed by atoms with Crippen LogP contribution in [0.15, 0.2) is 24.3 Å². The standard InChI is InChI=1S/C17H27ClN2O/c1-6-20(7-2)15(12-19-16(21)17(3,4)5)13-8-10-14(18)11-9-13/h8-11,15H,6-7,12H2,1-5H3,(H,19,21). The first-order valence-electron chi connectivity index (χ1n) is 7.57. The average molecular weight is 311 g/mol. The molecule has 1 unspecified atom stereocenters. The van der Waals surface area contributed by atoms with E-state index in [1.165, 1.54) is 5.56 Å². The Morgan fingerprint density at radius 2 is 1.71 bits per heavy atom. The molecule has 0 aliphatic carbocycles. The molecule has 3 nitrogen and oxygen atoms in total. The lowest BCUT2D eigenvalue weighted by Crippen LogP contribution is -2.42. The SMILES string of the molecule is CCN(CC)C(CNC(=O)C(C)(C)C)c1ccc(Cl)cc1. The van der Waals surface area contributed by atoms with Gasteiger partial charge in [-0.3, -0.25) is 9.69 Å². The number of carbonyl (C=O) groups excluding carboxylic acids is 1. The number of rotatable bonds is 6. The third-order valence-electron chi connectivity index (χ3n) is 3.65. The van der Waals surface area contributed by atoms with Crippen molar-refractivity contribution in [2.24, 2.45) is 5.41 Å². The maximum absolute atomic E-state index is 12.1. The monoisotopic (exact) mass is 310 g/mol. The van der Waals surface area contributed by atoms with Crippen molar-refractivity contribution in [3.8, 4) is 0 Å². The lowest BCUT2D eigenvalue weighted by atomic mass is 9.95. The molecular formula is C17H27ClN2O. The summed E-state index contributed by atoms with van der Waals surface area (Å²) < 4.78 is 0. The van der Waals surface area contributed by atoms with Crippen molar-refractivity contribution < 1.29 is 4.79 Å². The van der Waals surface area contributed by atoms with Gasteiger partial charge in [0.2, 0.25) is 5.91 Å². The van der Waals surface area contributed by atoms with Gasteiger partial charge in [-0.05, 0) is 30.8 Å². The predicted octanol–water partition coefficient (Wildman–Crippen LogP) is 3.89. The fourth-order valence-electron chi connectivity index (χ4n) is 2.26. The van der Waals surface area contributed by atoms with Crippen LogP contribution in [0.1, 0.15) is 46.2 Å². The van der Waals surface area contributed by atoms with Gasteiger partial charge in [0, 0.05) is 17.0 Å². The van der Waals surface area contributed by atoms with Crippen LogP contribution in [0.4, 0.5) is 0 Å². The van der Waals surface area contributed by atoms with E-state index in [1.807, 2.05) is 45.0 Å². The van der Waals surface area contributed by atoms with E-state index in [0.29, 0.717) is 6.54 Å². The summed E-state index contributed by atoms with van der Waals surface area (Å²) in [6, 6.07) is 8.05. The normalized spacial score (nSPS) is 13.3. The molecule has 21 heavy (non-hydrogen) atoms. The lowest BCUT2D eigenvalue weighted by molar-refractivity contribution is -0.128. The summed E-state index contributed by atoms with van der Waals surface area (Å²) in [6.45, 7) is 12.5. The van der Waals surface area contributed by atoms with Gasteiger partial charge in [-0.1, -0.05) is 58.4 Å². The highest BCUT2D eigenvalue weighted by Crippen LogP contribution is 2.22. The molecule has 0 saturated carbocycles. The molecule has 0 fully saturated rings. The van der Waals surface area contributed by atoms with Crippen molar-refractivity contribution in [2.45, 2.75) is 40.7 Å². The Kier molecular flexibility index (Phi) is 6.69. The smallest absolute Gasteiger partial charge is 0.225 e. The van der Waals surface area contributed by atoms with E-state index in [0.717, 1.165) is 18.1 Å². The summed E-state index contributed by atoms with van der Waals surface area (Å²) in [7, 11) is 0. The maximum Gasteiger partial charge on any atom is 0.225 e. The summed E-state index contributed by atoms with van der Waals surface area (Å²) in [5.74, 6) is 0.0774. The maximum atomic E-state index is 12.1. The van der Waals surface area contributed by atoms with Crippen molar-refractivity contribution in [3.05, 3.63) is 34.9 Å². The fourth-order valence-corrected chi connectivity index (χ4v) is 2.39. The van der Waals surface area contributed by atoms with Crippen LogP contribution in [0.25, 0.3) is 0 Å². The number of halogens is 1. The van der Waals surface area contributed by atoms with Crippen LogP contribution < -0.4 is 5.32 Å². The molecule has 1 amide bonds. The molecule has 0 bridgehead atoms. The van der Waals surface area contributed by atoms with Crippen LogP contribution in [-0.2, 0) is 4.79 Å². The molecular weight excluding hydrogens is 284 g/mol. The molecule has 1 atom stereocenters. The van der Waals surface area contributed by atoms with Gasteiger partial charge in [-0.25, -0.2) is 0 Å². The average Bonchev–Trinajstić information content (AvgIpc) is 2.43. The Labute approximate surface area is 133 Å². The number of likely N-dealkylation sites (N-methyl/N-ethyl adjacent to an activating group) is 1. The number of amides is 1. The highest BCUT2D eigenvalue weighted by atomic mass is 35.5. The van der Waals surface area contributed by atoms with E-state index in [9.17, 15) is 4.79 Å². The summed E-state index contributed by atoms with van der Waals surface area (Å²) in [6.07, 6.45) is 0. The zero-order valence-corrected chi connectivity index (χ0v) is 14.5. The van der Waals surface area contributed by atoms with Crippen molar-refractivity contribution in [1.29, 1.82) is 0 Å². The van der Waals surface area contributed by atoms with Crippen LogP contribution in [-0.4, -0.2) is 30.4 Å².